The molecule has 3 heteroatoms. The molecule has 1 heterocycles. The Labute approximate surface area is 129 Å². The van der Waals surface area contributed by atoms with Crippen molar-refractivity contribution in [2.24, 2.45) is 23.7 Å². The van der Waals surface area contributed by atoms with Gasteiger partial charge in [-0.1, -0.05) is 27.2 Å². The van der Waals surface area contributed by atoms with Gasteiger partial charge >= 0.3 is 0 Å². The Morgan fingerprint density at radius 1 is 1.29 bits per heavy atom. The van der Waals surface area contributed by atoms with Crippen molar-refractivity contribution < 1.29 is 4.79 Å². The summed E-state index contributed by atoms with van der Waals surface area (Å²) in [6.45, 7) is 11.0. The summed E-state index contributed by atoms with van der Waals surface area (Å²) in [6.07, 6.45) is 6.67. The van der Waals surface area contributed by atoms with Gasteiger partial charge in [-0.25, -0.2) is 0 Å². The number of rotatable bonds is 4. The molecule has 3 fully saturated rings. The SMILES string of the molecule is CCC1(C)NC(C(C)C)N(C(C)C2CC3CCC2C3)C1=O. The first-order valence-electron chi connectivity index (χ1n) is 8.98. The number of fused-ring (bicyclic) bond motifs is 2. The maximum Gasteiger partial charge on any atom is 0.244 e. The van der Waals surface area contributed by atoms with Gasteiger partial charge in [0.2, 0.25) is 5.91 Å². The number of hydrogen-bond acceptors (Lipinski definition) is 2. The first kappa shape index (κ1) is 15.3. The van der Waals surface area contributed by atoms with Gasteiger partial charge in [0.1, 0.15) is 0 Å². The van der Waals surface area contributed by atoms with Crippen LogP contribution in [0, 0.1) is 23.7 Å². The van der Waals surface area contributed by atoms with Crippen LogP contribution >= 0.6 is 0 Å². The second-order valence-electron chi connectivity index (χ2n) is 8.31. The lowest BCUT2D eigenvalue weighted by Crippen LogP contribution is -2.49. The van der Waals surface area contributed by atoms with Crippen LogP contribution in [0.25, 0.3) is 0 Å². The monoisotopic (exact) mass is 292 g/mol. The summed E-state index contributed by atoms with van der Waals surface area (Å²) >= 11 is 0. The van der Waals surface area contributed by atoms with E-state index in [1.807, 2.05) is 0 Å². The number of nitrogens with one attached hydrogen (secondary N) is 1. The van der Waals surface area contributed by atoms with Gasteiger partial charge in [-0.3, -0.25) is 10.1 Å². The summed E-state index contributed by atoms with van der Waals surface area (Å²) in [6, 6.07) is 0.390. The highest BCUT2D eigenvalue weighted by molar-refractivity contribution is 5.88. The van der Waals surface area contributed by atoms with E-state index in [0.29, 0.717) is 17.9 Å². The van der Waals surface area contributed by atoms with E-state index in [-0.39, 0.29) is 11.7 Å². The minimum Gasteiger partial charge on any atom is -0.322 e. The Morgan fingerprint density at radius 3 is 2.48 bits per heavy atom. The highest BCUT2D eigenvalue weighted by atomic mass is 16.2. The predicted molar refractivity (Wildman–Crippen MR) is 85.7 cm³/mol. The number of nitrogens with zero attached hydrogens (tertiary/aromatic N) is 1. The zero-order chi connectivity index (χ0) is 15.4. The average Bonchev–Trinajstić information content (AvgIpc) is 3.13. The summed E-state index contributed by atoms with van der Waals surface area (Å²) in [7, 11) is 0. The van der Waals surface area contributed by atoms with Crippen molar-refractivity contribution in [2.45, 2.75) is 84.5 Å². The molecule has 3 aliphatic rings. The van der Waals surface area contributed by atoms with E-state index in [9.17, 15) is 4.79 Å². The zero-order valence-corrected chi connectivity index (χ0v) is 14.4. The summed E-state index contributed by atoms with van der Waals surface area (Å²) in [5.74, 6) is 3.35. The lowest BCUT2D eigenvalue weighted by atomic mass is 9.82. The average molecular weight is 292 g/mol. The third-order valence-corrected chi connectivity index (χ3v) is 6.66. The first-order chi connectivity index (χ1) is 9.87. The molecular weight excluding hydrogens is 260 g/mol. The normalized spacial score (nSPS) is 44.1. The molecule has 0 aromatic heterocycles. The molecule has 0 aromatic rings. The molecule has 1 amide bonds. The number of carbonyl (C=O) groups is 1. The van der Waals surface area contributed by atoms with Crippen LogP contribution in [0.4, 0.5) is 0 Å². The van der Waals surface area contributed by atoms with E-state index in [0.717, 1.165) is 24.2 Å². The smallest absolute Gasteiger partial charge is 0.244 e. The molecule has 2 bridgehead atoms. The predicted octanol–water partition coefficient (Wildman–Crippen LogP) is 3.39. The summed E-state index contributed by atoms with van der Waals surface area (Å²) in [5.41, 5.74) is -0.360. The second-order valence-corrected chi connectivity index (χ2v) is 8.31. The Morgan fingerprint density at radius 2 is 2.00 bits per heavy atom. The highest BCUT2D eigenvalue weighted by Gasteiger charge is 2.52. The van der Waals surface area contributed by atoms with Crippen LogP contribution in [-0.2, 0) is 4.79 Å². The summed E-state index contributed by atoms with van der Waals surface area (Å²) in [4.78, 5) is 15.3. The second kappa shape index (κ2) is 5.26. The molecule has 1 N–H and O–H groups in total. The van der Waals surface area contributed by atoms with Crippen LogP contribution in [0.15, 0.2) is 0 Å². The fraction of sp³-hybridized carbons (Fsp3) is 0.944. The van der Waals surface area contributed by atoms with Gasteiger partial charge in [-0.15, -0.1) is 0 Å². The molecule has 120 valence electrons. The van der Waals surface area contributed by atoms with Crippen molar-refractivity contribution in [3.63, 3.8) is 0 Å². The topological polar surface area (TPSA) is 32.3 Å². The molecule has 3 nitrogen and oxygen atoms in total. The van der Waals surface area contributed by atoms with E-state index in [1.165, 1.54) is 25.7 Å². The molecule has 3 rings (SSSR count). The third kappa shape index (κ3) is 2.32. The van der Waals surface area contributed by atoms with E-state index in [1.54, 1.807) is 0 Å². The first-order valence-corrected chi connectivity index (χ1v) is 8.98. The van der Waals surface area contributed by atoms with E-state index < -0.39 is 0 Å². The van der Waals surface area contributed by atoms with Crippen LogP contribution in [-0.4, -0.2) is 28.6 Å². The van der Waals surface area contributed by atoms with Gasteiger partial charge in [0.15, 0.2) is 0 Å². The molecule has 2 aliphatic carbocycles. The fourth-order valence-electron chi connectivity index (χ4n) is 5.14. The van der Waals surface area contributed by atoms with Crippen molar-refractivity contribution in [3.8, 4) is 0 Å². The summed E-state index contributed by atoms with van der Waals surface area (Å²) in [5, 5.41) is 3.64. The van der Waals surface area contributed by atoms with Crippen LogP contribution < -0.4 is 5.32 Å². The van der Waals surface area contributed by atoms with Crippen molar-refractivity contribution in [1.82, 2.24) is 10.2 Å². The van der Waals surface area contributed by atoms with Gasteiger partial charge in [0, 0.05) is 6.04 Å². The zero-order valence-electron chi connectivity index (χ0n) is 14.4. The van der Waals surface area contributed by atoms with Gasteiger partial charge in [-0.2, -0.15) is 0 Å². The van der Waals surface area contributed by atoms with Crippen molar-refractivity contribution in [3.05, 3.63) is 0 Å². The molecule has 6 unspecified atom stereocenters. The lowest BCUT2D eigenvalue weighted by Gasteiger charge is -2.39. The lowest BCUT2D eigenvalue weighted by molar-refractivity contribution is -0.136. The van der Waals surface area contributed by atoms with E-state index in [4.69, 9.17) is 0 Å². The molecule has 21 heavy (non-hydrogen) atoms. The Balaban J connectivity index is 1.82. The van der Waals surface area contributed by atoms with Crippen LogP contribution in [0.2, 0.25) is 0 Å². The van der Waals surface area contributed by atoms with Crippen molar-refractivity contribution in [1.29, 1.82) is 0 Å². The van der Waals surface area contributed by atoms with E-state index >= 15 is 0 Å². The van der Waals surface area contributed by atoms with Crippen LogP contribution in [0.3, 0.4) is 0 Å². The van der Waals surface area contributed by atoms with Crippen molar-refractivity contribution >= 4 is 5.91 Å². The quantitative estimate of drug-likeness (QED) is 0.861. The molecule has 1 aliphatic heterocycles. The highest BCUT2D eigenvalue weighted by Crippen LogP contribution is 2.51. The van der Waals surface area contributed by atoms with E-state index in [2.05, 4.69) is 44.8 Å². The van der Waals surface area contributed by atoms with Gasteiger partial charge in [-0.05, 0) is 63.2 Å². The molecule has 0 spiro atoms. The van der Waals surface area contributed by atoms with Crippen LogP contribution in [0.5, 0.6) is 0 Å². The minimum absolute atomic E-state index is 0.205. The number of amides is 1. The molecule has 6 atom stereocenters. The largest absolute Gasteiger partial charge is 0.322 e. The van der Waals surface area contributed by atoms with Crippen molar-refractivity contribution in [2.75, 3.05) is 0 Å². The molecule has 2 saturated carbocycles. The van der Waals surface area contributed by atoms with Gasteiger partial charge < -0.3 is 4.90 Å². The Kier molecular flexibility index (Phi) is 3.84. The Hall–Kier alpha value is -0.570. The Bertz CT molecular complexity index is 421. The molecule has 0 radical (unpaired) electrons. The third-order valence-electron chi connectivity index (χ3n) is 6.66. The fourth-order valence-corrected chi connectivity index (χ4v) is 5.14. The maximum atomic E-state index is 13.0. The standard InChI is InChI=1S/C18H32N2O/c1-6-18(5)17(21)20(16(19-18)11(2)3)12(4)15-10-13-7-8-14(15)9-13/h11-16,19H,6-10H2,1-5H3. The molecule has 0 aromatic carbocycles. The number of hydrogen-bond donors (Lipinski definition) is 1. The summed E-state index contributed by atoms with van der Waals surface area (Å²) < 4.78 is 0. The van der Waals surface area contributed by atoms with Gasteiger partial charge in [0.25, 0.3) is 0 Å². The maximum absolute atomic E-state index is 13.0. The molecule has 1 saturated heterocycles. The number of carbonyl (C=O) groups excluding carboxylic acids is 1. The van der Waals surface area contributed by atoms with Crippen LogP contribution in [0.1, 0.15) is 66.7 Å². The minimum atomic E-state index is -0.360. The molecular formula is C18H32N2O. The van der Waals surface area contributed by atoms with Gasteiger partial charge in [0.05, 0.1) is 11.7 Å².